The quantitative estimate of drug-likeness (QED) is 0.288. The van der Waals surface area contributed by atoms with E-state index in [-0.39, 0.29) is 29.3 Å². The zero-order chi connectivity index (χ0) is 23.8. The standard InChI is InChI=1S/C22H13F6N3O2/c23-16-9-18(25)17(24)7-12(16)10-33-14-5-6-19-15(8-14)20(31-30-19)29-21(32)11-1-3-13(4-2-11)22(26,27)28/h1-9H,10H2,(H2,29,30,31,32). The summed E-state index contributed by atoms with van der Waals surface area (Å²) in [6.45, 7) is -0.389. The molecule has 0 unspecified atom stereocenters. The summed E-state index contributed by atoms with van der Waals surface area (Å²) >= 11 is 0. The van der Waals surface area contributed by atoms with Crippen LogP contribution >= 0.6 is 0 Å². The molecule has 0 bridgehead atoms. The second-order valence-corrected chi connectivity index (χ2v) is 6.96. The van der Waals surface area contributed by atoms with Gasteiger partial charge in [-0.05, 0) is 48.5 Å². The van der Waals surface area contributed by atoms with Crippen LogP contribution in [0.2, 0.25) is 0 Å². The van der Waals surface area contributed by atoms with E-state index < -0.39 is 35.1 Å². The number of benzene rings is 3. The van der Waals surface area contributed by atoms with Gasteiger partial charge in [-0.3, -0.25) is 9.89 Å². The average molecular weight is 465 g/mol. The summed E-state index contributed by atoms with van der Waals surface area (Å²) in [5, 5.41) is 9.54. The Morgan fingerprint density at radius 3 is 2.33 bits per heavy atom. The summed E-state index contributed by atoms with van der Waals surface area (Å²) in [4.78, 5) is 12.4. The number of H-pyrrole nitrogens is 1. The highest BCUT2D eigenvalue weighted by molar-refractivity contribution is 6.08. The number of fused-ring (bicyclic) bond motifs is 1. The number of rotatable bonds is 5. The monoisotopic (exact) mass is 465 g/mol. The van der Waals surface area contributed by atoms with Crippen LogP contribution in [0.3, 0.4) is 0 Å². The number of aromatic nitrogens is 2. The number of ether oxygens (including phenoxy) is 1. The SMILES string of the molecule is O=C(Nc1n[nH]c2ccc(OCc3cc(F)c(F)cc3F)cc12)c1ccc(C(F)(F)F)cc1. The van der Waals surface area contributed by atoms with Crippen molar-refractivity contribution in [3.8, 4) is 5.75 Å². The molecule has 0 aliphatic carbocycles. The Bertz CT molecular complexity index is 1330. The lowest BCUT2D eigenvalue weighted by atomic mass is 10.1. The second-order valence-electron chi connectivity index (χ2n) is 6.96. The van der Waals surface area contributed by atoms with Crippen molar-refractivity contribution in [3.05, 3.63) is 88.7 Å². The van der Waals surface area contributed by atoms with Gasteiger partial charge in [0.2, 0.25) is 0 Å². The first kappa shape index (κ1) is 22.2. The number of amides is 1. The maximum absolute atomic E-state index is 13.8. The fourth-order valence-corrected chi connectivity index (χ4v) is 3.00. The summed E-state index contributed by atoms with van der Waals surface area (Å²) in [6, 6.07) is 9.32. The van der Waals surface area contributed by atoms with Crippen molar-refractivity contribution in [1.82, 2.24) is 10.2 Å². The molecule has 0 saturated heterocycles. The Hall–Kier alpha value is -4.02. The highest BCUT2D eigenvalue weighted by Gasteiger charge is 2.30. The van der Waals surface area contributed by atoms with Crippen LogP contribution in [-0.2, 0) is 12.8 Å². The third-order valence-electron chi connectivity index (χ3n) is 4.72. The van der Waals surface area contributed by atoms with Crippen LogP contribution in [0.5, 0.6) is 5.75 Å². The number of hydrogen-bond donors (Lipinski definition) is 2. The normalized spacial score (nSPS) is 11.6. The summed E-state index contributed by atoms with van der Waals surface area (Å²) < 4.78 is 83.7. The zero-order valence-electron chi connectivity index (χ0n) is 16.4. The van der Waals surface area contributed by atoms with Gasteiger partial charge in [-0.15, -0.1) is 0 Å². The molecule has 0 spiro atoms. The summed E-state index contributed by atoms with van der Waals surface area (Å²) in [6.07, 6.45) is -4.52. The first-order chi connectivity index (χ1) is 15.6. The first-order valence-corrected chi connectivity index (χ1v) is 9.35. The van der Waals surface area contributed by atoms with Gasteiger partial charge in [-0.25, -0.2) is 13.2 Å². The van der Waals surface area contributed by atoms with Crippen LogP contribution in [0.25, 0.3) is 10.9 Å². The molecule has 0 fully saturated rings. The Morgan fingerprint density at radius 2 is 1.64 bits per heavy atom. The van der Waals surface area contributed by atoms with Gasteiger partial charge in [0.25, 0.3) is 5.91 Å². The minimum atomic E-state index is -4.52. The molecule has 5 nitrogen and oxygen atoms in total. The van der Waals surface area contributed by atoms with Crippen molar-refractivity contribution < 1.29 is 35.9 Å². The van der Waals surface area contributed by atoms with Gasteiger partial charge in [0.1, 0.15) is 18.2 Å². The molecule has 170 valence electrons. The molecule has 0 aliphatic heterocycles. The van der Waals surface area contributed by atoms with Crippen LogP contribution in [-0.4, -0.2) is 16.1 Å². The number of nitrogens with zero attached hydrogens (tertiary/aromatic N) is 1. The number of carbonyl (C=O) groups excluding carboxylic acids is 1. The van der Waals surface area contributed by atoms with Crippen molar-refractivity contribution in [3.63, 3.8) is 0 Å². The summed E-state index contributed by atoms with van der Waals surface area (Å²) in [5.74, 6) is -3.88. The maximum Gasteiger partial charge on any atom is 0.416 e. The van der Waals surface area contributed by atoms with Crippen molar-refractivity contribution in [1.29, 1.82) is 0 Å². The molecule has 0 aliphatic rings. The number of halogens is 6. The fraction of sp³-hybridized carbons (Fsp3) is 0.0909. The Kier molecular flexibility index (Phi) is 5.71. The predicted octanol–water partition coefficient (Wildman–Crippen LogP) is 5.83. The zero-order valence-corrected chi connectivity index (χ0v) is 16.4. The van der Waals surface area contributed by atoms with Crippen LogP contribution in [0.15, 0.2) is 54.6 Å². The molecule has 1 aromatic heterocycles. The average Bonchev–Trinajstić information content (AvgIpc) is 3.16. The van der Waals surface area contributed by atoms with Crippen LogP contribution < -0.4 is 10.1 Å². The van der Waals surface area contributed by atoms with Crippen LogP contribution in [0, 0.1) is 17.5 Å². The lowest BCUT2D eigenvalue weighted by Gasteiger charge is -2.09. The third kappa shape index (κ3) is 4.76. The van der Waals surface area contributed by atoms with Crippen molar-refractivity contribution in [2.45, 2.75) is 12.8 Å². The van der Waals surface area contributed by atoms with E-state index in [9.17, 15) is 31.1 Å². The highest BCUT2D eigenvalue weighted by Crippen LogP contribution is 2.30. The van der Waals surface area contributed by atoms with Gasteiger partial charge in [-0.2, -0.15) is 18.3 Å². The molecule has 4 rings (SSSR count). The van der Waals surface area contributed by atoms with Crippen molar-refractivity contribution in [2.75, 3.05) is 5.32 Å². The van der Waals surface area contributed by atoms with E-state index in [2.05, 4.69) is 15.5 Å². The molecule has 0 atom stereocenters. The lowest BCUT2D eigenvalue weighted by molar-refractivity contribution is -0.137. The lowest BCUT2D eigenvalue weighted by Crippen LogP contribution is -2.13. The van der Waals surface area contributed by atoms with E-state index in [1.165, 1.54) is 12.1 Å². The van der Waals surface area contributed by atoms with Crippen molar-refractivity contribution in [2.24, 2.45) is 0 Å². The van der Waals surface area contributed by atoms with Crippen molar-refractivity contribution >= 4 is 22.6 Å². The molecule has 0 radical (unpaired) electrons. The summed E-state index contributed by atoms with van der Waals surface area (Å²) in [5.41, 5.74) is -0.593. The molecule has 33 heavy (non-hydrogen) atoms. The smallest absolute Gasteiger partial charge is 0.416 e. The van der Waals surface area contributed by atoms with Gasteiger partial charge in [0, 0.05) is 22.6 Å². The molecular formula is C22H13F6N3O2. The van der Waals surface area contributed by atoms with Gasteiger partial charge in [0.15, 0.2) is 17.5 Å². The molecule has 11 heteroatoms. The Morgan fingerprint density at radius 1 is 0.939 bits per heavy atom. The summed E-state index contributed by atoms with van der Waals surface area (Å²) in [7, 11) is 0. The number of aromatic amines is 1. The van der Waals surface area contributed by atoms with E-state index in [0.29, 0.717) is 23.0 Å². The molecule has 1 amide bonds. The molecule has 2 N–H and O–H groups in total. The number of nitrogens with one attached hydrogen (secondary N) is 2. The first-order valence-electron chi connectivity index (χ1n) is 9.35. The molecule has 0 saturated carbocycles. The predicted molar refractivity (Wildman–Crippen MR) is 106 cm³/mol. The third-order valence-corrected chi connectivity index (χ3v) is 4.72. The van der Waals surface area contributed by atoms with E-state index in [4.69, 9.17) is 4.74 Å². The van der Waals surface area contributed by atoms with Gasteiger partial charge in [0.05, 0.1) is 11.1 Å². The molecule has 3 aromatic carbocycles. The van der Waals surface area contributed by atoms with Gasteiger partial charge in [-0.1, -0.05) is 0 Å². The molecule has 4 aromatic rings. The number of anilines is 1. The molecule has 1 heterocycles. The Labute approximate surface area is 182 Å². The van der Waals surface area contributed by atoms with E-state index in [1.807, 2.05) is 0 Å². The Balaban J connectivity index is 1.51. The minimum absolute atomic E-state index is 0.0135. The number of carbonyl (C=O) groups is 1. The number of alkyl halides is 3. The van der Waals surface area contributed by atoms with Crippen LogP contribution in [0.1, 0.15) is 21.5 Å². The van der Waals surface area contributed by atoms with E-state index in [1.54, 1.807) is 6.07 Å². The molecular weight excluding hydrogens is 452 g/mol. The largest absolute Gasteiger partial charge is 0.489 e. The van der Waals surface area contributed by atoms with Crippen LogP contribution in [0.4, 0.5) is 32.2 Å². The highest BCUT2D eigenvalue weighted by atomic mass is 19.4. The topological polar surface area (TPSA) is 67.0 Å². The maximum atomic E-state index is 13.8. The van der Waals surface area contributed by atoms with E-state index >= 15 is 0 Å². The fourth-order valence-electron chi connectivity index (χ4n) is 3.00. The second kappa shape index (κ2) is 8.49. The van der Waals surface area contributed by atoms with Gasteiger partial charge < -0.3 is 10.1 Å². The van der Waals surface area contributed by atoms with Gasteiger partial charge >= 0.3 is 6.18 Å². The minimum Gasteiger partial charge on any atom is -0.489 e. The van der Waals surface area contributed by atoms with E-state index in [0.717, 1.165) is 24.3 Å². The number of hydrogen-bond acceptors (Lipinski definition) is 3.